The number of esters is 2. The fourth-order valence-corrected chi connectivity index (χ4v) is 5.36. The van der Waals surface area contributed by atoms with Crippen molar-refractivity contribution in [3.63, 3.8) is 0 Å². The van der Waals surface area contributed by atoms with Crippen LogP contribution in [0.15, 0.2) is 72.8 Å². The number of anilines is 1. The zero-order chi connectivity index (χ0) is 29.1. The number of benzene rings is 3. The summed E-state index contributed by atoms with van der Waals surface area (Å²) in [6.45, 7) is 6.23. The van der Waals surface area contributed by atoms with Crippen LogP contribution in [0.25, 0.3) is 6.08 Å². The van der Waals surface area contributed by atoms with Gasteiger partial charge in [0.05, 0.1) is 21.3 Å². The molecule has 4 rings (SSSR count). The minimum Gasteiger partial charge on any atom is -0.496 e. The van der Waals surface area contributed by atoms with E-state index in [0.29, 0.717) is 22.6 Å². The lowest BCUT2D eigenvalue weighted by Crippen LogP contribution is -2.58. The van der Waals surface area contributed by atoms with Crippen LogP contribution in [0.1, 0.15) is 53.4 Å². The molecule has 1 atom stereocenters. The van der Waals surface area contributed by atoms with Crippen LogP contribution in [-0.4, -0.2) is 44.7 Å². The van der Waals surface area contributed by atoms with E-state index in [2.05, 4.69) is 20.8 Å². The molecule has 1 unspecified atom stereocenters. The lowest BCUT2D eigenvalue weighted by molar-refractivity contribution is -0.146. The van der Waals surface area contributed by atoms with Gasteiger partial charge in [-0.05, 0) is 51.9 Å². The third-order valence-electron chi connectivity index (χ3n) is 7.29. The van der Waals surface area contributed by atoms with Gasteiger partial charge in [-0.2, -0.15) is 0 Å². The molecule has 1 heterocycles. The molecule has 0 N–H and O–H groups in total. The van der Waals surface area contributed by atoms with Crippen molar-refractivity contribution in [2.75, 3.05) is 26.2 Å². The first-order valence-corrected chi connectivity index (χ1v) is 13.1. The maximum Gasteiger partial charge on any atom is 0.332 e. The number of carbonyl (C=O) groups is 3. The summed E-state index contributed by atoms with van der Waals surface area (Å²) in [5.74, 6) is -0.785. The van der Waals surface area contributed by atoms with E-state index in [1.807, 2.05) is 48.5 Å². The van der Waals surface area contributed by atoms with Crippen LogP contribution in [0.4, 0.5) is 5.69 Å². The smallest absolute Gasteiger partial charge is 0.332 e. The zero-order valence-corrected chi connectivity index (χ0v) is 23.8. The molecule has 208 valence electrons. The number of hydrogen-bond acceptors (Lipinski definition) is 6. The SMILES string of the molecule is COC(=O)/C=C/c1cccc2c1CC(Cc1ccccc1)(C(=O)OC)N2C(=O)c1ccc(C(C)(C)C)c(OC)c1. The molecule has 0 spiro atoms. The number of ether oxygens (including phenoxy) is 3. The molecule has 3 aromatic carbocycles. The van der Waals surface area contributed by atoms with Crippen LogP contribution in [0, 0.1) is 0 Å². The molecule has 0 radical (unpaired) electrons. The largest absolute Gasteiger partial charge is 0.496 e. The van der Waals surface area contributed by atoms with Crippen molar-refractivity contribution in [3.05, 3.63) is 101 Å². The van der Waals surface area contributed by atoms with Crippen molar-refractivity contribution in [2.45, 2.75) is 44.6 Å². The normalized spacial score (nSPS) is 16.5. The summed E-state index contributed by atoms with van der Waals surface area (Å²) in [7, 11) is 4.22. The molecule has 1 amide bonds. The molecule has 0 aliphatic carbocycles. The van der Waals surface area contributed by atoms with E-state index in [4.69, 9.17) is 14.2 Å². The van der Waals surface area contributed by atoms with Gasteiger partial charge in [-0.3, -0.25) is 9.69 Å². The molecule has 40 heavy (non-hydrogen) atoms. The van der Waals surface area contributed by atoms with Crippen molar-refractivity contribution in [3.8, 4) is 5.75 Å². The van der Waals surface area contributed by atoms with Crippen molar-refractivity contribution >= 4 is 29.6 Å². The summed E-state index contributed by atoms with van der Waals surface area (Å²) < 4.78 is 15.8. The Hall–Kier alpha value is -4.39. The highest BCUT2D eigenvalue weighted by Crippen LogP contribution is 2.45. The van der Waals surface area contributed by atoms with Crippen molar-refractivity contribution in [2.24, 2.45) is 0 Å². The van der Waals surface area contributed by atoms with Gasteiger partial charge < -0.3 is 14.2 Å². The van der Waals surface area contributed by atoms with Gasteiger partial charge in [-0.15, -0.1) is 0 Å². The van der Waals surface area contributed by atoms with Crippen molar-refractivity contribution in [1.82, 2.24) is 0 Å². The number of methoxy groups -OCH3 is 3. The third kappa shape index (κ3) is 5.37. The molecule has 0 fully saturated rings. The lowest BCUT2D eigenvalue weighted by Gasteiger charge is -2.36. The number of nitrogens with zero attached hydrogens (tertiary/aromatic N) is 1. The standard InChI is InChI=1S/C33H35NO6/c1-32(2,3)26-17-15-24(19-28(26)38-4)30(36)34-27-14-10-13-23(16-18-29(35)39-5)25(27)21-33(34,31(37)40-6)20-22-11-8-7-9-12-22/h7-19H,20-21H2,1-6H3/b18-16+. The van der Waals surface area contributed by atoms with E-state index in [1.165, 1.54) is 20.3 Å². The first kappa shape index (κ1) is 28.6. The van der Waals surface area contributed by atoms with Gasteiger partial charge in [0.1, 0.15) is 5.75 Å². The van der Waals surface area contributed by atoms with Crippen molar-refractivity contribution in [1.29, 1.82) is 0 Å². The number of rotatable bonds is 7. The van der Waals surface area contributed by atoms with E-state index in [-0.39, 0.29) is 24.2 Å². The van der Waals surface area contributed by atoms with Crippen molar-refractivity contribution < 1.29 is 28.6 Å². The third-order valence-corrected chi connectivity index (χ3v) is 7.29. The van der Waals surface area contributed by atoms with E-state index in [1.54, 1.807) is 36.3 Å². The second-order valence-corrected chi connectivity index (χ2v) is 10.9. The summed E-state index contributed by atoms with van der Waals surface area (Å²) in [6, 6.07) is 20.4. The van der Waals surface area contributed by atoms with Gasteiger partial charge in [0.25, 0.3) is 5.91 Å². The molecule has 7 nitrogen and oxygen atoms in total. The molecular weight excluding hydrogens is 506 g/mol. The molecular formula is C33H35NO6. The Labute approximate surface area is 235 Å². The fraction of sp³-hybridized carbons (Fsp3) is 0.303. The maximum absolute atomic E-state index is 14.5. The number of amides is 1. The second-order valence-electron chi connectivity index (χ2n) is 10.9. The van der Waals surface area contributed by atoms with Crippen LogP contribution < -0.4 is 9.64 Å². The van der Waals surface area contributed by atoms with Gasteiger partial charge in [0, 0.05) is 30.2 Å². The fourth-order valence-electron chi connectivity index (χ4n) is 5.36. The Kier molecular flexibility index (Phi) is 8.14. The van der Waals surface area contributed by atoms with Gasteiger partial charge >= 0.3 is 11.9 Å². The van der Waals surface area contributed by atoms with Gasteiger partial charge in [-0.1, -0.05) is 69.3 Å². The van der Waals surface area contributed by atoms with E-state index < -0.39 is 17.5 Å². The Bertz CT molecular complexity index is 1450. The summed E-state index contributed by atoms with van der Waals surface area (Å²) in [5.41, 5.74) is 2.72. The molecule has 3 aromatic rings. The van der Waals surface area contributed by atoms with Gasteiger partial charge in [-0.25, -0.2) is 9.59 Å². The highest BCUT2D eigenvalue weighted by atomic mass is 16.5. The highest BCUT2D eigenvalue weighted by molar-refractivity contribution is 6.13. The quantitative estimate of drug-likeness (QED) is 0.289. The molecule has 7 heteroatoms. The van der Waals surface area contributed by atoms with Gasteiger partial charge in [0.2, 0.25) is 0 Å². The Morgan fingerprint density at radius 2 is 1.65 bits per heavy atom. The Morgan fingerprint density at radius 1 is 0.925 bits per heavy atom. The minimum absolute atomic E-state index is 0.197. The Morgan fingerprint density at radius 3 is 2.27 bits per heavy atom. The average Bonchev–Trinajstić information content (AvgIpc) is 3.29. The topological polar surface area (TPSA) is 82.1 Å². The maximum atomic E-state index is 14.5. The Balaban J connectivity index is 1.93. The van der Waals surface area contributed by atoms with Crippen LogP contribution in [0.3, 0.4) is 0 Å². The molecule has 1 aliphatic rings. The average molecular weight is 542 g/mol. The van der Waals surface area contributed by atoms with E-state index >= 15 is 0 Å². The molecule has 0 bridgehead atoms. The summed E-state index contributed by atoms with van der Waals surface area (Å²) >= 11 is 0. The van der Waals surface area contributed by atoms with E-state index in [0.717, 1.165) is 16.7 Å². The van der Waals surface area contributed by atoms with Gasteiger partial charge in [0.15, 0.2) is 5.54 Å². The van der Waals surface area contributed by atoms with Crippen LogP contribution in [0.2, 0.25) is 0 Å². The van der Waals surface area contributed by atoms with Crippen LogP contribution in [0.5, 0.6) is 5.75 Å². The zero-order valence-electron chi connectivity index (χ0n) is 23.8. The van der Waals surface area contributed by atoms with Crippen LogP contribution >= 0.6 is 0 Å². The summed E-state index contributed by atoms with van der Waals surface area (Å²) in [5, 5.41) is 0. The molecule has 1 aliphatic heterocycles. The number of hydrogen-bond donors (Lipinski definition) is 0. The highest BCUT2D eigenvalue weighted by Gasteiger charge is 2.54. The minimum atomic E-state index is -1.36. The molecule has 0 aromatic heterocycles. The number of carbonyl (C=O) groups excluding carboxylic acids is 3. The number of fused-ring (bicyclic) bond motifs is 1. The first-order valence-electron chi connectivity index (χ1n) is 13.1. The predicted molar refractivity (Wildman–Crippen MR) is 155 cm³/mol. The first-order chi connectivity index (χ1) is 19.1. The second kappa shape index (κ2) is 11.4. The summed E-state index contributed by atoms with van der Waals surface area (Å²) in [4.78, 5) is 41.6. The monoisotopic (exact) mass is 541 g/mol. The predicted octanol–water partition coefficient (Wildman–Crippen LogP) is 5.54. The lowest BCUT2D eigenvalue weighted by atomic mass is 9.84. The summed E-state index contributed by atoms with van der Waals surface area (Å²) in [6.07, 6.45) is 3.41. The van der Waals surface area contributed by atoms with Crippen LogP contribution in [-0.2, 0) is 37.3 Å². The molecule has 0 saturated carbocycles. The van der Waals surface area contributed by atoms with E-state index in [9.17, 15) is 14.4 Å². The molecule has 0 saturated heterocycles.